The first-order valence-corrected chi connectivity index (χ1v) is 7.28. The van der Waals surface area contributed by atoms with Gasteiger partial charge < -0.3 is 10.2 Å². The second kappa shape index (κ2) is 5.53. The Morgan fingerprint density at radius 1 is 1.10 bits per heavy atom. The lowest BCUT2D eigenvalue weighted by atomic mass is 10.0. The van der Waals surface area contributed by atoms with Crippen molar-refractivity contribution >= 4 is 16.8 Å². The molecular weight excluding hydrogens is 248 g/mol. The number of benzene rings is 2. The number of rotatable bonds is 2. The van der Waals surface area contributed by atoms with Crippen LogP contribution in [0.5, 0.6) is 0 Å². The molecule has 1 unspecified atom stereocenters. The summed E-state index contributed by atoms with van der Waals surface area (Å²) in [7, 11) is 0. The van der Waals surface area contributed by atoms with Crippen LogP contribution in [0, 0.1) is 0 Å². The predicted octanol–water partition coefficient (Wildman–Crippen LogP) is 3.71. The molecule has 0 saturated carbocycles. The topological polar surface area (TPSA) is 32.3 Å². The van der Waals surface area contributed by atoms with Crippen molar-refractivity contribution in [3.63, 3.8) is 0 Å². The molecule has 0 aromatic heterocycles. The quantitative estimate of drug-likeness (QED) is 0.884. The molecule has 1 fully saturated rings. The minimum absolute atomic E-state index is 0.0349. The van der Waals surface area contributed by atoms with Crippen LogP contribution in [0.4, 0.5) is 4.79 Å². The first-order chi connectivity index (χ1) is 9.74. The van der Waals surface area contributed by atoms with Gasteiger partial charge in [-0.1, -0.05) is 36.4 Å². The highest BCUT2D eigenvalue weighted by molar-refractivity contribution is 5.83. The Morgan fingerprint density at radius 2 is 1.80 bits per heavy atom. The largest absolute Gasteiger partial charge is 0.331 e. The van der Waals surface area contributed by atoms with E-state index in [0.29, 0.717) is 0 Å². The SMILES string of the molecule is CC(NC(=O)N1CCCC1)c1ccc2ccccc2c1. The number of nitrogens with one attached hydrogen (secondary N) is 1. The predicted molar refractivity (Wildman–Crippen MR) is 81.7 cm³/mol. The van der Waals surface area contributed by atoms with Crippen LogP contribution in [-0.4, -0.2) is 24.0 Å². The highest BCUT2D eigenvalue weighted by Crippen LogP contribution is 2.20. The van der Waals surface area contributed by atoms with Crippen molar-refractivity contribution in [2.24, 2.45) is 0 Å². The van der Waals surface area contributed by atoms with Gasteiger partial charge in [0.15, 0.2) is 0 Å². The second-order valence-corrected chi connectivity index (χ2v) is 5.47. The fourth-order valence-corrected chi connectivity index (χ4v) is 2.76. The van der Waals surface area contributed by atoms with Crippen molar-refractivity contribution in [3.05, 3.63) is 48.0 Å². The van der Waals surface area contributed by atoms with Gasteiger partial charge in [0.05, 0.1) is 6.04 Å². The van der Waals surface area contributed by atoms with E-state index < -0.39 is 0 Å². The van der Waals surface area contributed by atoms with E-state index >= 15 is 0 Å². The summed E-state index contributed by atoms with van der Waals surface area (Å²) in [5, 5.41) is 5.54. The first kappa shape index (κ1) is 13.0. The maximum Gasteiger partial charge on any atom is 0.317 e. The molecule has 0 radical (unpaired) electrons. The minimum atomic E-state index is 0.0349. The Morgan fingerprint density at radius 3 is 2.55 bits per heavy atom. The Bertz CT molecular complexity index is 617. The lowest BCUT2D eigenvalue weighted by molar-refractivity contribution is 0.205. The Labute approximate surface area is 119 Å². The fraction of sp³-hybridized carbons (Fsp3) is 0.353. The molecule has 2 amide bonds. The molecule has 1 atom stereocenters. The van der Waals surface area contributed by atoms with E-state index in [1.807, 2.05) is 24.0 Å². The molecule has 0 aliphatic carbocycles. The van der Waals surface area contributed by atoms with E-state index in [9.17, 15) is 4.79 Å². The summed E-state index contributed by atoms with van der Waals surface area (Å²) in [6, 6.07) is 14.8. The van der Waals surface area contributed by atoms with Crippen molar-refractivity contribution in [3.8, 4) is 0 Å². The summed E-state index contributed by atoms with van der Waals surface area (Å²) in [5.74, 6) is 0. The average Bonchev–Trinajstić information content (AvgIpc) is 3.01. The number of carbonyl (C=O) groups is 1. The molecule has 3 rings (SSSR count). The second-order valence-electron chi connectivity index (χ2n) is 5.47. The zero-order valence-corrected chi connectivity index (χ0v) is 11.8. The van der Waals surface area contributed by atoms with Gasteiger partial charge in [-0.2, -0.15) is 0 Å². The maximum absolute atomic E-state index is 12.1. The van der Waals surface area contributed by atoms with Crippen molar-refractivity contribution in [1.29, 1.82) is 0 Å². The highest BCUT2D eigenvalue weighted by Gasteiger charge is 2.19. The lowest BCUT2D eigenvalue weighted by Gasteiger charge is -2.21. The van der Waals surface area contributed by atoms with Gasteiger partial charge >= 0.3 is 6.03 Å². The molecule has 0 bridgehead atoms. The lowest BCUT2D eigenvalue weighted by Crippen LogP contribution is -2.39. The number of likely N-dealkylation sites (tertiary alicyclic amines) is 1. The zero-order chi connectivity index (χ0) is 13.9. The van der Waals surface area contributed by atoms with Crippen molar-refractivity contribution in [2.75, 3.05) is 13.1 Å². The van der Waals surface area contributed by atoms with Crippen LogP contribution in [0.1, 0.15) is 31.4 Å². The number of amides is 2. The van der Waals surface area contributed by atoms with Crippen molar-refractivity contribution in [2.45, 2.75) is 25.8 Å². The zero-order valence-electron chi connectivity index (χ0n) is 11.8. The molecule has 1 heterocycles. The molecule has 3 nitrogen and oxygen atoms in total. The minimum Gasteiger partial charge on any atom is -0.331 e. The van der Waals surface area contributed by atoms with Gasteiger partial charge in [0.1, 0.15) is 0 Å². The standard InChI is InChI=1S/C17H20N2O/c1-13(18-17(20)19-10-4-5-11-19)15-9-8-14-6-2-3-7-16(14)12-15/h2-3,6-9,12-13H,4-5,10-11H2,1H3,(H,18,20). The maximum atomic E-state index is 12.1. The van der Waals surface area contributed by atoms with E-state index in [1.165, 1.54) is 10.8 Å². The Kier molecular flexibility index (Phi) is 3.59. The molecule has 0 spiro atoms. The van der Waals surface area contributed by atoms with Crippen LogP contribution in [0.3, 0.4) is 0 Å². The van der Waals surface area contributed by atoms with Gasteiger partial charge in [-0.15, -0.1) is 0 Å². The summed E-state index contributed by atoms with van der Waals surface area (Å²) >= 11 is 0. The normalized spacial score (nSPS) is 16.4. The highest BCUT2D eigenvalue weighted by atomic mass is 16.2. The molecule has 1 N–H and O–H groups in total. The monoisotopic (exact) mass is 268 g/mol. The third-order valence-electron chi connectivity index (χ3n) is 4.01. The van der Waals surface area contributed by atoms with Crippen LogP contribution >= 0.6 is 0 Å². The van der Waals surface area contributed by atoms with Gasteiger partial charge in [0.25, 0.3) is 0 Å². The molecule has 2 aromatic rings. The number of hydrogen-bond acceptors (Lipinski definition) is 1. The molecule has 1 aliphatic heterocycles. The molecular formula is C17H20N2O. The first-order valence-electron chi connectivity index (χ1n) is 7.28. The molecule has 1 saturated heterocycles. The van der Waals surface area contributed by atoms with Crippen LogP contribution in [0.25, 0.3) is 10.8 Å². The molecule has 20 heavy (non-hydrogen) atoms. The number of carbonyl (C=O) groups excluding carboxylic acids is 1. The molecule has 3 heteroatoms. The fourth-order valence-electron chi connectivity index (χ4n) is 2.76. The van der Waals surface area contributed by atoms with Gasteiger partial charge in [-0.25, -0.2) is 4.79 Å². The smallest absolute Gasteiger partial charge is 0.317 e. The molecule has 104 valence electrons. The van der Waals surface area contributed by atoms with E-state index in [1.54, 1.807) is 0 Å². The van der Waals surface area contributed by atoms with E-state index in [-0.39, 0.29) is 12.1 Å². The Hall–Kier alpha value is -2.03. The van der Waals surface area contributed by atoms with E-state index in [2.05, 4.69) is 35.6 Å². The van der Waals surface area contributed by atoms with Crippen LogP contribution < -0.4 is 5.32 Å². The van der Waals surface area contributed by atoms with Gasteiger partial charge in [-0.3, -0.25) is 0 Å². The summed E-state index contributed by atoms with van der Waals surface area (Å²) in [4.78, 5) is 14.0. The summed E-state index contributed by atoms with van der Waals surface area (Å²) in [5.41, 5.74) is 1.15. The van der Waals surface area contributed by atoms with E-state index in [0.717, 1.165) is 31.5 Å². The van der Waals surface area contributed by atoms with E-state index in [4.69, 9.17) is 0 Å². The Balaban J connectivity index is 1.74. The van der Waals surface area contributed by atoms with Crippen LogP contribution in [0.15, 0.2) is 42.5 Å². The van der Waals surface area contributed by atoms with Crippen molar-refractivity contribution in [1.82, 2.24) is 10.2 Å². The molecule has 2 aromatic carbocycles. The number of hydrogen-bond donors (Lipinski definition) is 1. The number of fused-ring (bicyclic) bond motifs is 1. The van der Waals surface area contributed by atoms with Gasteiger partial charge in [0, 0.05) is 13.1 Å². The average molecular weight is 268 g/mol. The third-order valence-corrected chi connectivity index (χ3v) is 4.01. The number of urea groups is 1. The summed E-state index contributed by atoms with van der Waals surface area (Å²) < 4.78 is 0. The summed E-state index contributed by atoms with van der Waals surface area (Å²) in [6.45, 7) is 3.81. The summed E-state index contributed by atoms with van der Waals surface area (Å²) in [6.07, 6.45) is 2.25. The van der Waals surface area contributed by atoms with Gasteiger partial charge in [-0.05, 0) is 42.2 Å². The van der Waals surface area contributed by atoms with Crippen LogP contribution in [-0.2, 0) is 0 Å². The third kappa shape index (κ3) is 2.62. The van der Waals surface area contributed by atoms with Crippen LogP contribution in [0.2, 0.25) is 0 Å². The molecule has 1 aliphatic rings. The van der Waals surface area contributed by atoms with Gasteiger partial charge in [0.2, 0.25) is 0 Å². The van der Waals surface area contributed by atoms with Crippen molar-refractivity contribution < 1.29 is 4.79 Å². The number of nitrogens with zero attached hydrogens (tertiary/aromatic N) is 1.